The first-order valence-electron chi connectivity index (χ1n) is 9.21. The maximum absolute atomic E-state index is 10.1. The Labute approximate surface area is 137 Å². The van der Waals surface area contributed by atoms with Gasteiger partial charge in [-0.2, -0.15) is 0 Å². The zero-order valence-electron chi connectivity index (χ0n) is 15.1. The molecule has 0 spiro atoms. The van der Waals surface area contributed by atoms with Crippen LogP contribution in [0.2, 0.25) is 0 Å². The Morgan fingerprint density at radius 1 is 1.05 bits per heavy atom. The Morgan fingerprint density at radius 2 is 1.68 bits per heavy atom. The van der Waals surface area contributed by atoms with Crippen LogP contribution in [0.25, 0.3) is 0 Å². The molecule has 0 saturated heterocycles. The highest BCUT2D eigenvalue weighted by Crippen LogP contribution is 2.50. The van der Waals surface area contributed by atoms with Crippen LogP contribution >= 0.6 is 0 Å². The average molecular weight is 315 g/mol. The van der Waals surface area contributed by atoms with E-state index in [0.29, 0.717) is 5.41 Å². The van der Waals surface area contributed by atoms with E-state index in [0.717, 1.165) is 51.6 Å². The summed E-state index contributed by atoms with van der Waals surface area (Å²) in [6.07, 6.45) is 12.3. The van der Waals surface area contributed by atoms with Gasteiger partial charge in [0.2, 0.25) is 0 Å². The molecule has 1 atom stereocenters. The fourth-order valence-electron chi connectivity index (χ4n) is 3.38. The minimum absolute atomic E-state index is 0.126. The third-order valence-electron chi connectivity index (χ3n) is 5.33. The lowest BCUT2D eigenvalue weighted by atomic mass is 9.84. The number of aliphatic hydroxyl groups is 2. The molecule has 2 N–H and O–H groups in total. The molecule has 0 aromatic heterocycles. The van der Waals surface area contributed by atoms with Crippen LogP contribution in [0.15, 0.2) is 0 Å². The van der Waals surface area contributed by atoms with Gasteiger partial charge < -0.3 is 14.9 Å². The normalized spacial score (nSPS) is 18.4. The number of ether oxygens (including phenoxy) is 1. The van der Waals surface area contributed by atoms with E-state index >= 15 is 0 Å². The molecule has 1 aliphatic rings. The number of unbranched alkanes of at least 4 members (excludes halogenated alkanes) is 2. The fourth-order valence-corrected chi connectivity index (χ4v) is 3.38. The van der Waals surface area contributed by atoms with Gasteiger partial charge in [-0.1, -0.05) is 39.5 Å². The van der Waals surface area contributed by atoms with Crippen LogP contribution in [0.3, 0.4) is 0 Å². The molecule has 0 bridgehead atoms. The van der Waals surface area contributed by atoms with Crippen molar-refractivity contribution in [3.05, 3.63) is 0 Å². The Morgan fingerprint density at radius 3 is 2.23 bits per heavy atom. The molecule has 0 radical (unpaired) electrons. The Kier molecular flexibility index (Phi) is 8.96. The van der Waals surface area contributed by atoms with Gasteiger partial charge in [-0.25, -0.2) is 0 Å². The molecule has 0 aromatic rings. The minimum atomic E-state index is -0.126. The fraction of sp³-hybridized carbons (Fsp3) is 1.00. The van der Waals surface area contributed by atoms with Crippen LogP contribution in [-0.2, 0) is 4.74 Å². The molecule has 0 aliphatic heterocycles. The molecule has 1 aliphatic carbocycles. The number of aliphatic hydroxyl groups excluding tert-OH is 2. The topological polar surface area (TPSA) is 49.7 Å². The summed E-state index contributed by atoms with van der Waals surface area (Å²) < 4.78 is 5.29. The number of rotatable bonds is 14. The molecule has 1 unspecified atom stereocenters. The zero-order chi connectivity index (χ0) is 16.5. The monoisotopic (exact) mass is 314 g/mol. The van der Waals surface area contributed by atoms with Gasteiger partial charge in [-0.15, -0.1) is 0 Å². The SMILES string of the molecule is COCC1(CCCCC(O)CCCCC(C)(C)CCO)CC1. The molecule has 0 heterocycles. The van der Waals surface area contributed by atoms with Crippen LogP contribution in [0.5, 0.6) is 0 Å². The average Bonchev–Trinajstić information content (AvgIpc) is 3.20. The molecule has 132 valence electrons. The summed E-state index contributed by atoms with van der Waals surface area (Å²) in [6, 6.07) is 0. The predicted molar refractivity (Wildman–Crippen MR) is 92.0 cm³/mol. The van der Waals surface area contributed by atoms with Crippen molar-refractivity contribution in [1.82, 2.24) is 0 Å². The van der Waals surface area contributed by atoms with Gasteiger partial charge >= 0.3 is 0 Å². The molecule has 1 saturated carbocycles. The summed E-state index contributed by atoms with van der Waals surface area (Å²) in [5.74, 6) is 0. The number of hydrogen-bond acceptors (Lipinski definition) is 3. The van der Waals surface area contributed by atoms with Gasteiger partial charge in [0.15, 0.2) is 0 Å². The van der Waals surface area contributed by atoms with E-state index in [1.807, 2.05) is 0 Å². The van der Waals surface area contributed by atoms with E-state index in [1.165, 1.54) is 25.7 Å². The molecule has 0 aromatic carbocycles. The third-order valence-corrected chi connectivity index (χ3v) is 5.33. The lowest BCUT2D eigenvalue weighted by molar-refractivity contribution is 0.127. The molecule has 3 heteroatoms. The first-order valence-corrected chi connectivity index (χ1v) is 9.21. The van der Waals surface area contributed by atoms with Gasteiger partial charge in [0.1, 0.15) is 0 Å². The van der Waals surface area contributed by atoms with Crippen molar-refractivity contribution in [1.29, 1.82) is 0 Å². The van der Waals surface area contributed by atoms with Crippen LogP contribution in [0.4, 0.5) is 0 Å². The van der Waals surface area contributed by atoms with Crippen molar-refractivity contribution in [2.45, 2.75) is 90.6 Å². The van der Waals surface area contributed by atoms with Crippen molar-refractivity contribution < 1.29 is 14.9 Å². The van der Waals surface area contributed by atoms with Gasteiger partial charge in [-0.05, 0) is 55.8 Å². The molecular formula is C19H38O3. The summed E-state index contributed by atoms with van der Waals surface area (Å²) >= 11 is 0. The maximum atomic E-state index is 10.1. The highest BCUT2D eigenvalue weighted by atomic mass is 16.5. The summed E-state index contributed by atoms with van der Waals surface area (Å²) in [7, 11) is 1.80. The van der Waals surface area contributed by atoms with Gasteiger partial charge in [0, 0.05) is 13.7 Å². The van der Waals surface area contributed by atoms with E-state index in [1.54, 1.807) is 7.11 Å². The van der Waals surface area contributed by atoms with Crippen LogP contribution < -0.4 is 0 Å². The van der Waals surface area contributed by atoms with Crippen molar-refractivity contribution in [2.75, 3.05) is 20.3 Å². The smallest absolute Gasteiger partial charge is 0.0540 e. The molecule has 22 heavy (non-hydrogen) atoms. The van der Waals surface area contributed by atoms with Gasteiger partial charge in [0.05, 0.1) is 12.7 Å². The lowest BCUT2D eigenvalue weighted by Crippen LogP contribution is -2.14. The molecular weight excluding hydrogens is 276 g/mol. The largest absolute Gasteiger partial charge is 0.396 e. The second-order valence-electron chi connectivity index (χ2n) is 8.22. The Hall–Kier alpha value is -0.120. The third kappa shape index (κ3) is 8.50. The van der Waals surface area contributed by atoms with Crippen LogP contribution in [0, 0.1) is 10.8 Å². The van der Waals surface area contributed by atoms with Crippen LogP contribution in [0.1, 0.15) is 84.5 Å². The van der Waals surface area contributed by atoms with E-state index in [2.05, 4.69) is 13.8 Å². The molecule has 0 amide bonds. The maximum Gasteiger partial charge on any atom is 0.0540 e. The van der Waals surface area contributed by atoms with Gasteiger partial charge in [-0.3, -0.25) is 0 Å². The first kappa shape index (κ1) is 19.9. The first-order chi connectivity index (χ1) is 10.4. The predicted octanol–water partition coefficient (Wildman–Crippen LogP) is 4.30. The van der Waals surface area contributed by atoms with Gasteiger partial charge in [0.25, 0.3) is 0 Å². The minimum Gasteiger partial charge on any atom is -0.396 e. The Bertz CT molecular complexity index is 268. The van der Waals surface area contributed by atoms with E-state index in [9.17, 15) is 5.11 Å². The summed E-state index contributed by atoms with van der Waals surface area (Å²) in [4.78, 5) is 0. The van der Waals surface area contributed by atoms with Crippen molar-refractivity contribution in [3.63, 3.8) is 0 Å². The summed E-state index contributed by atoms with van der Waals surface area (Å²) in [5, 5.41) is 19.1. The number of hydrogen-bond donors (Lipinski definition) is 2. The van der Waals surface area contributed by atoms with E-state index < -0.39 is 0 Å². The van der Waals surface area contributed by atoms with E-state index in [-0.39, 0.29) is 18.1 Å². The van der Waals surface area contributed by atoms with E-state index in [4.69, 9.17) is 9.84 Å². The number of methoxy groups -OCH3 is 1. The quantitative estimate of drug-likeness (QED) is 0.470. The lowest BCUT2D eigenvalue weighted by Gasteiger charge is -2.23. The van der Waals surface area contributed by atoms with Crippen molar-refractivity contribution >= 4 is 0 Å². The second-order valence-corrected chi connectivity index (χ2v) is 8.22. The molecule has 1 fully saturated rings. The standard InChI is InChI=1S/C19H38O3/c1-18(2,14-15-20)10-6-4-8-17(21)9-5-7-11-19(12-13-19)16-22-3/h17,20-21H,4-16H2,1-3H3. The Balaban J connectivity index is 1.96. The molecule has 3 nitrogen and oxygen atoms in total. The zero-order valence-corrected chi connectivity index (χ0v) is 15.1. The highest BCUT2D eigenvalue weighted by Gasteiger charge is 2.41. The summed E-state index contributed by atoms with van der Waals surface area (Å²) in [5.41, 5.74) is 0.734. The molecule has 1 rings (SSSR count). The summed E-state index contributed by atoms with van der Waals surface area (Å²) in [6.45, 7) is 5.63. The second kappa shape index (κ2) is 9.89. The van der Waals surface area contributed by atoms with Crippen molar-refractivity contribution in [2.24, 2.45) is 10.8 Å². The van der Waals surface area contributed by atoms with Crippen molar-refractivity contribution in [3.8, 4) is 0 Å². The van der Waals surface area contributed by atoms with Crippen LogP contribution in [-0.4, -0.2) is 36.6 Å². The highest BCUT2D eigenvalue weighted by molar-refractivity contribution is 4.92.